The lowest BCUT2D eigenvalue weighted by molar-refractivity contribution is 0.0111. The smallest absolute Gasteiger partial charge is 0.257 e. The molecule has 12 heteroatoms. The molecular formula is C26H33N3O8S. The Kier molecular flexibility index (Phi) is 8.02. The summed E-state index contributed by atoms with van der Waals surface area (Å²) in [4.78, 5) is 30.3. The third-order valence-corrected chi connectivity index (χ3v) is 7.23. The second-order valence-electron chi connectivity index (χ2n) is 9.71. The van der Waals surface area contributed by atoms with Crippen LogP contribution in [0.3, 0.4) is 0 Å². The molecule has 2 amide bonds. The summed E-state index contributed by atoms with van der Waals surface area (Å²) in [6, 6.07) is 9.25. The van der Waals surface area contributed by atoms with Crippen molar-refractivity contribution in [3.05, 3.63) is 47.5 Å². The van der Waals surface area contributed by atoms with E-state index in [1.165, 1.54) is 17.0 Å². The lowest BCUT2D eigenvalue weighted by atomic mass is 10.0. The molecule has 206 valence electrons. The van der Waals surface area contributed by atoms with Crippen molar-refractivity contribution in [2.24, 2.45) is 5.92 Å². The molecule has 0 spiro atoms. The number of rotatable bonds is 4. The largest absolute Gasteiger partial charge is 0.491 e. The number of likely N-dealkylation sites (N-methyl/N-ethyl adjacent to an activating group) is 1. The van der Waals surface area contributed by atoms with Crippen molar-refractivity contribution in [1.29, 1.82) is 0 Å². The first-order valence-corrected chi connectivity index (χ1v) is 14.1. The van der Waals surface area contributed by atoms with Crippen LogP contribution in [0.5, 0.6) is 17.2 Å². The number of methoxy groups -OCH3 is 1. The SMILES string of the molecule is CO[C@@H]1CN(C)C(=O)c2cc(NS(C)(=O)=O)ccc2OC[C@@H](C)N(C(=O)c2ccc3c(c2)OCO3)C[C@@H]1C. The third kappa shape index (κ3) is 6.13. The Labute approximate surface area is 222 Å². The zero-order valence-corrected chi connectivity index (χ0v) is 22.9. The average Bonchev–Trinajstić information content (AvgIpc) is 3.34. The van der Waals surface area contributed by atoms with Crippen molar-refractivity contribution in [1.82, 2.24) is 9.80 Å². The molecule has 2 aromatic carbocycles. The van der Waals surface area contributed by atoms with Gasteiger partial charge in [0.2, 0.25) is 16.8 Å². The minimum Gasteiger partial charge on any atom is -0.491 e. The highest BCUT2D eigenvalue weighted by Crippen LogP contribution is 2.33. The summed E-state index contributed by atoms with van der Waals surface area (Å²) in [7, 11) is -0.330. The van der Waals surface area contributed by atoms with Gasteiger partial charge in [-0.25, -0.2) is 8.42 Å². The normalized spacial score (nSPS) is 22.1. The van der Waals surface area contributed by atoms with Gasteiger partial charge in [-0.15, -0.1) is 0 Å². The first-order chi connectivity index (χ1) is 18.0. The van der Waals surface area contributed by atoms with Gasteiger partial charge in [-0.2, -0.15) is 0 Å². The van der Waals surface area contributed by atoms with E-state index in [1.54, 1.807) is 43.3 Å². The average molecular weight is 548 g/mol. The molecule has 0 aliphatic carbocycles. The van der Waals surface area contributed by atoms with Crippen molar-refractivity contribution in [2.45, 2.75) is 26.0 Å². The molecule has 0 bridgehead atoms. The summed E-state index contributed by atoms with van der Waals surface area (Å²) in [5.74, 6) is 0.722. The number of anilines is 1. The Balaban J connectivity index is 1.68. The first-order valence-electron chi connectivity index (χ1n) is 12.2. The topological polar surface area (TPSA) is 124 Å². The number of hydrogen-bond acceptors (Lipinski definition) is 8. The quantitative estimate of drug-likeness (QED) is 0.619. The fraction of sp³-hybridized carbons (Fsp3) is 0.462. The van der Waals surface area contributed by atoms with Crippen LogP contribution in [-0.2, 0) is 14.8 Å². The monoisotopic (exact) mass is 547 g/mol. The van der Waals surface area contributed by atoms with Gasteiger partial charge < -0.3 is 28.7 Å². The van der Waals surface area contributed by atoms with Crippen molar-refractivity contribution < 1.29 is 37.0 Å². The van der Waals surface area contributed by atoms with E-state index in [4.69, 9.17) is 18.9 Å². The maximum absolute atomic E-state index is 13.7. The highest BCUT2D eigenvalue weighted by Gasteiger charge is 2.31. The summed E-state index contributed by atoms with van der Waals surface area (Å²) in [6.45, 7) is 4.67. The molecule has 2 aliphatic heterocycles. The van der Waals surface area contributed by atoms with E-state index in [0.717, 1.165) is 6.26 Å². The zero-order valence-electron chi connectivity index (χ0n) is 22.1. The molecule has 2 aromatic rings. The van der Waals surface area contributed by atoms with Crippen molar-refractivity contribution in [2.75, 3.05) is 51.6 Å². The highest BCUT2D eigenvalue weighted by molar-refractivity contribution is 7.92. The van der Waals surface area contributed by atoms with E-state index in [-0.39, 0.29) is 66.8 Å². The van der Waals surface area contributed by atoms with Gasteiger partial charge in [-0.05, 0) is 43.3 Å². The molecule has 0 saturated carbocycles. The Bertz CT molecular complexity index is 1320. The van der Waals surface area contributed by atoms with Gasteiger partial charge in [0, 0.05) is 44.4 Å². The zero-order chi connectivity index (χ0) is 27.6. The number of ether oxygens (including phenoxy) is 4. The van der Waals surface area contributed by atoms with Gasteiger partial charge in [0.05, 0.1) is 24.0 Å². The summed E-state index contributed by atoms with van der Waals surface area (Å²) >= 11 is 0. The number of fused-ring (bicyclic) bond motifs is 2. The molecule has 3 atom stereocenters. The van der Waals surface area contributed by atoms with Crippen molar-refractivity contribution >= 4 is 27.5 Å². The lowest BCUT2D eigenvalue weighted by Crippen LogP contribution is -2.48. The van der Waals surface area contributed by atoms with Crippen LogP contribution >= 0.6 is 0 Å². The van der Waals surface area contributed by atoms with E-state index in [1.807, 2.05) is 13.8 Å². The van der Waals surface area contributed by atoms with E-state index < -0.39 is 10.0 Å². The van der Waals surface area contributed by atoms with Gasteiger partial charge >= 0.3 is 0 Å². The second-order valence-corrected chi connectivity index (χ2v) is 11.5. The van der Waals surface area contributed by atoms with Crippen LogP contribution in [0.1, 0.15) is 34.6 Å². The van der Waals surface area contributed by atoms with Gasteiger partial charge in [-0.1, -0.05) is 6.92 Å². The van der Waals surface area contributed by atoms with Crippen LogP contribution in [-0.4, -0.2) is 89.1 Å². The molecule has 2 aliphatic rings. The Hall–Kier alpha value is -3.51. The first kappa shape index (κ1) is 27.5. The minimum absolute atomic E-state index is 0.101. The summed E-state index contributed by atoms with van der Waals surface area (Å²) < 4.78 is 48.5. The lowest BCUT2D eigenvalue weighted by Gasteiger charge is -2.36. The van der Waals surface area contributed by atoms with Crippen LogP contribution < -0.4 is 18.9 Å². The number of sulfonamides is 1. The standard InChI is InChI=1S/C26H33N3O8S/c1-16-12-29(25(30)18-6-8-22-23(10-18)37-15-36-22)17(2)14-35-21-9-7-19(27-38(5,32)33)11-20(21)26(31)28(3)13-24(16)34-4/h6-11,16-17,24,27H,12-15H2,1-5H3/t16-,17+,24+/m0/s1. The van der Waals surface area contributed by atoms with Crippen LogP contribution in [0.2, 0.25) is 0 Å². The fourth-order valence-electron chi connectivity index (χ4n) is 4.53. The van der Waals surface area contributed by atoms with Crippen LogP contribution in [0.15, 0.2) is 36.4 Å². The summed E-state index contributed by atoms with van der Waals surface area (Å²) in [5.41, 5.74) is 0.900. The molecule has 0 saturated heterocycles. The van der Waals surface area contributed by atoms with Gasteiger partial charge in [-0.3, -0.25) is 14.3 Å². The van der Waals surface area contributed by atoms with E-state index >= 15 is 0 Å². The van der Waals surface area contributed by atoms with Crippen molar-refractivity contribution in [3.8, 4) is 17.2 Å². The van der Waals surface area contributed by atoms with E-state index in [9.17, 15) is 18.0 Å². The van der Waals surface area contributed by atoms with E-state index in [0.29, 0.717) is 23.6 Å². The number of hydrogen-bond donors (Lipinski definition) is 1. The fourth-order valence-corrected chi connectivity index (χ4v) is 5.09. The maximum Gasteiger partial charge on any atom is 0.257 e. The molecule has 11 nitrogen and oxygen atoms in total. The number of nitrogens with zero attached hydrogens (tertiary/aromatic N) is 2. The molecule has 38 heavy (non-hydrogen) atoms. The number of carbonyl (C=O) groups is 2. The number of nitrogens with one attached hydrogen (secondary N) is 1. The number of amides is 2. The Morgan fingerprint density at radius 1 is 1.03 bits per heavy atom. The van der Waals surface area contributed by atoms with Crippen LogP contribution in [0.4, 0.5) is 5.69 Å². The summed E-state index contributed by atoms with van der Waals surface area (Å²) in [6.07, 6.45) is 0.666. The third-order valence-electron chi connectivity index (χ3n) is 6.63. The molecule has 0 fully saturated rings. The molecule has 4 rings (SSSR count). The molecule has 0 aromatic heterocycles. The predicted octanol–water partition coefficient (Wildman–Crippen LogP) is 2.43. The highest BCUT2D eigenvalue weighted by atomic mass is 32.2. The molecule has 1 N–H and O–H groups in total. The predicted molar refractivity (Wildman–Crippen MR) is 140 cm³/mol. The molecule has 2 heterocycles. The van der Waals surface area contributed by atoms with E-state index in [2.05, 4.69) is 4.72 Å². The van der Waals surface area contributed by atoms with Crippen LogP contribution in [0, 0.1) is 5.92 Å². The summed E-state index contributed by atoms with van der Waals surface area (Å²) in [5, 5.41) is 0. The van der Waals surface area contributed by atoms with Gasteiger partial charge in [0.25, 0.3) is 11.8 Å². The molecule has 0 unspecified atom stereocenters. The molecular weight excluding hydrogens is 514 g/mol. The van der Waals surface area contributed by atoms with Gasteiger partial charge in [0.15, 0.2) is 11.5 Å². The second kappa shape index (κ2) is 11.1. The minimum atomic E-state index is -3.55. The van der Waals surface area contributed by atoms with Crippen LogP contribution in [0.25, 0.3) is 0 Å². The van der Waals surface area contributed by atoms with Gasteiger partial charge in [0.1, 0.15) is 12.4 Å². The number of benzene rings is 2. The maximum atomic E-state index is 13.7. The Morgan fingerprint density at radius 3 is 2.45 bits per heavy atom. The number of carbonyl (C=O) groups excluding carboxylic acids is 2. The van der Waals surface area contributed by atoms with Crippen molar-refractivity contribution in [3.63, 3.8) is 0 Å². The Morgan fingerprint density at radius 2 is 1.74 bits per heavy atom. The molecule has 0 radical (unpaired) electrons.